The van der Waals surface area contributed by atoms with Gasteiger partial charge in [-0.2, -0.15) is 0 Å². The number of oxazole rings is 1. The molecule has 61 valence electrons. The Balaban J connectivity index is 3.07. The van der Waals surface area contributed by atoms with Crippen LogP contribution in [0.3, 0.4) is 0 Å². The minimum Gasteiger partial charge on any atom is -0.408 e. The van der Waals surface area contributed by atoms with Gasteiger partial charge in [0.15, 0.2) is 11.4 Å². The summed E-state index contributed by atoms with van der Waals surface area (Å²) in [5.41, 5.74) is 0.404. The van der Waals surface area contributed by atoms with E-state index in [0.717, 1.165) is 10.6 Å². The highest BCUT2D eigenvalue weighted by Gasteiger charge is 2.08. The van der Waals surface area contributed by atoms with E-state index >= 15 is 0 Å². The topological polar surface area (TPSA) is 35.1 Å². The zero-order valence-electron chi connectivity index (χ0n) is 6.30. The Labute approximate surface area is 67.0 Å². The van der Waals surface area contributed by atoms with Gasteiger partial charge in [0, 0.05) is 7.05 Å². The molecule has 0 aliphatic heterocycles. The third-order valence-corrected chi connectivity index (χ3v) is 1.69. The Morgan fingerprint density at radius 3 is 3.00 bits per heavy atom. The minimum absolute atomic E-state index is 0.179. The number of nitrogens with zero attached hydrogens (tertiary/aromatic N) is 1. The molecule has 0 fully saturated rings. The number of aryl methyl sites for hydroxylation is 1. The second kappa shape index (κ2) is 2.20. The van der Waals surface area contributed by atoms with Crippen molar-refractivity contribution in [3.63, 3.8) is 0 Å². The van der Waals surface area contributed by atoms with Crippen molar-refractivity contribution in [1.82, 2.24) is 4.57 Å². The van der Waals surface area contributed by atoms with Crippen molar-refractivity contribution >= 4 is 11.1 Å². The van der Waals surface area contributed by atoms with Crippen molar-refractivity contribution < 1.29 is 8.81 Å². The maximum Gasteiger partial charge on any atom is 0.419 e. The molecule has 0 saturated heterocycles. The number of benzene rings is 1. The molecule has 1 radical (unpaired) electrons. The first-order valence-electron chi connectivity index (χ1n) is 3.35. The van der Waals surface area contributed by atoms with Crippen molar-refractivity contribution in [3.05, 3.63) is 34.6 Å². The van der Waals surface area contributed by atoms with Gasteiger partial charge in [-0.05, 0) is 18.2 Å². The van der Waals surface area contributed by atoms with Crippen LogP contribution < -0.4 is 5.76 Å². The molecular formula is C8H5FNO2. The molecule has 2 rings (SSSR count). The van der Waals surface area contributed by atoms with E-state index in [4.69, 9.17) is 4.42 Å². The Bertz CT molecular complexity index is 483. The molecule has 2 aromatic rings. The van der Waals surface area contributed by atoms with E-state index in [1.54, 1.807) is 0 Å². The molecule has 0 unspecified atom stereocenters. The first-order valence-corrected chi connectivity index (χ1v) is 3.35. The maximum absolute atomic E-state index is 13.0. The van der Waals surface area contributed by atoms with E-state index in [1.165, 1.54) is 13.1 Å². The molecule has 0 aliphatic carbocycles. The lowest BCUT2D eigenvalue weighted by molar-refractivity contribution is 0.527. The standard InChI is InChI=1S/C8H5FNO2/c1-10-7-5(9)3-2-4-6(7)12-8(10)11/h3-4H,1H3. The highest BCUT2D eigenvalue weighted by Crippen LogP contribution is 2.14. The predicted molar refractivity (Wildman–Crippen MR) is 40.2 cm³/mol. The van der Waals surface area contributed by atoms with Crippen molar-refractivity contribution in [2.24, 2.45) is 7.05 Å². The normalized spacial score (nSPS) is 10.8. The third kappa shape index (κ3) is 0.777. The summed E-state index contributed by atoms with van der Waals surface area (Å²) in [6, 6.07) is 5.12. The molecule has 0 atom stereocenters. The summed E-state index contributed by atoms with van der Waals surface area (Å²) in [5.74, 6) is -1.07. The molecule has 0 saturated carbocycles. The first-order chi connectivity index (χ1) is 5.70. The van der Waals surface area contributed by atoms with Gasteiger partial charge >= 0.3 is 5.76 Å². The molecule has 12 heavy (non-hydrogen) atoms. The van der Waals surface area contributed by atoms with E-state index in [0.29, 0.717) is 0 Å². The smallest absolute Gasteiger partial charge is 0.408 e. The monoisotopic (exact) mass is 166 g/mol. The van der Waals surface area contributed by atoms with Crippen LogP contribution in [0.1, 0.15) is 0 Å². The highest BCUT2D eigenvalue weighted by atomic mass is 19.1. The van der Waals surface area contributed by atoms with Crippen molar-refractivity contribution in [2.45, 2.75) is 0 Å². The fourth-order valence-corrected chi connectivity index (χ4v) is 1.10. The average molecular weight is 166 g/mol. The largest absolute Gasteiger partial charge is 0.419 e. The van der Waals surface area contributed by atoms with E-state index in [1.807, 2.05) is 0 Å². The van der Waals surface area contributed by atoms with Crippen molar-refractivity contribution in [3.8, 4) is 0 Å². The van der Waals surface area contributed by atoms with Crippen molar-refractivity contribution in [2.75, 3.05) is 0 Å². The lowest BCUT2D eigenvalue weighted by Crippen LogP contribution is -2.08. The van der Waals surface area contributed by atoms with Crippen LogP contribution >= 0.6 is 0 Å². The molecule has 1 aromatic heterocycles. The molecule has 4 heteroatoms. The molecular weight excluding hydrogens is 161 g/mol. The molecule has 0 spiro atoms. The van der Waals surface area contributed by atoms with Crippen LogP contribution in [0.25, 0.3) is 11.1 Å². The van der Waals surface area contributed by atoms with Crippen LogP contribution in [0, 0.1) is 11.9 Å². The van der Waals surface area contributed by atoms with Gasteiger partial charge < -0.3 is 4.42 Å². The summed E-state index contributed by atoms with van der Waals surface area (Å²) in [4.78, 5) is 10.9. The summed E-state index contributed by atoms with van der Waals surface area (Å²) in [7, 11) is 1.46. The number of aromatic nitrogens is 1. The van der Waals surface area contributed by atoms with Crippen LogP contribution in [0.5, 0.6) is 0 Å². The second-order valence-corrected chi connectivity index (χ2v) is 2.44. The lowest BCUT2D eigenvalue weighted by atomic mass is 10.3. The second-order valence-electron chi connectivity index (χ2n) is 2.44. The predicted octanol–water partition coefficient (Wildman–Crippen LogP) is 1.07. The average Bonchev–Trinajstić information content (AvgIpc) is 2.29. The molecule has 3 nitrogen and oxygen atoms in total. The first kappa shape index (κ1) is 7.09. The van der Waals surface area contributed by atoms with Gasteiger partial charge in [0.1, 0.15) is 5.52 Å². The summed E-state index contributed by atoms with van der Waals surface area (Å²) in [5, 5.41) is 0. The Morgan fingerprint density at radius 2 is 2.33 bits per heavy atom. The van der Waals surface area contributed by atoms with Gasteiger partial charge in [-0.25, -0.2) is 9.18 Å². The number of halogens is 1. The number of rotatable bonds is 0. The van der Waals surface area contributed by atoms with Gasteiger partial charge in [-0.1, -0.05) is 0 Å². The summed E-state index contributed by atoms with van der Waals surface area (Å²) >= 11 is 0. The molecule has 0 N–H and O–H groups in total. The zero-order chi connectivity index (χ0) is 8.72. The van der Waals surface area contributed by atoms with Crippen LogP contribution in [-0.2, 0) is 7.05 Å². The summed E-state index contributed by atoms with van der Waals surface area (Å²) in [6.45, 7) is 0. The van der Waals surface area contributed by atoms with Crippen LogP contribution in [0.15, 0.2) is 21.3 Å². The van der Waals surface area contributed by atoms with E-state index in [-0.39, 0.29) is 11.1 Å². The quantitative estimate of drug-likeness (QED) is 0.586. The summed E-state index contributed by atoms with van der Waals surface area (Å²) in [6.07, 6.45) is 0. The SMILES string of the molecule is Cn1c(=O)oc2c[c]cc(F)c21. The lowest BCUT2D eigenvalue weighted by Gasteiger charge is -1.91. The van der Waals surface area contributed by atoms with Gasteiger partial charge in [-0.15, -0.1) is 0 Å². The van der Waals surface area contributed by atoms with Crippen molar-refractivity contribution in [1.29, 1.82) is 0 Å². The van der Waals surface area contributed by atoms with Gasteiger partial charge in [-0.3, -0.25) is 4.57 Å². The van der Waals surface area contributed by atoms with Gasteiger partial charge in [0.05, 0.1) is 0 Å². The molecule has 1 aromatic carbocycles. The number of hydrogen-bond donors (Lipinski definition) is 0. The molecule has 0 amide bonds. The summed E-state index contributed by atoms with van der Waals surface area (Å²) < 4.78 is 18.8. The fraction of sp³-hybridized carbons (Fsp3) is 0.125. The number of fused-ring (bicyclic) bond motifs is 1. The van der Waals surface area contributed by atoms with E-state index < -0.39 is 11.6 Å². The maximum atomic E-state index is 13.0. The molecule has 1 heterocycles. The van der Waals surface area contributed by atoms with E-state index in [2.05, 4.69) is 6.07 Å². The minimum atomic E-state index is -0.566. The third-order valence-electron chi connectivity index (χ3n) is 1.69. The van der Waals surface area contributed by atoms with E-state index in [9.17, 15) is 9.18 Å². The van der Waals surface area contributed by atoms with Crippen LogP contribution in [0.2, 0.25) is 0 Å². The Morgan fingerprint density at radius 1 is 1.58 bits per heavy atom. The number of hydrogen-bond acceptors (Lipinski definition) is 2. The van der Waals surface area contributed by atoms with Gasteiger partial charge in [0.25, 0.3) is 0 Å². The fourth-order valence-electron chi connectivity index (χ4n) is 1.10. The Kier molecular flexibility index (Phi) is 1.30. The molecule has 0 bridgehead atoms. The zero-order valence-corrected chi connectivity index (χ0v) is 6.30. The Hall–Kier alpha value is -1.58. The van der Waals surface area contributed by atoms with Gasteiger partial charge in [0.2, 0.25) is 0 Å². The van der Waals surface area contributed by atoms with Crippen LogP contribution in [-0.4, -0.2) is 4.57 Å². The molecule has 0 aliphatic rings. The highest BCUT2D eigenvalue weighted by molar-refractivity contribution is 5.73. The van der Waals surface area contributed by atoms with Crippen LogP contribution in [0.4, 0.5) is 4.39 Å².